The van der Waals surface area contributed by atoms with E-state index in [4.69, 9.17) is 0 Å². The van der Waals surface area contributed by atoms with Gasteiger partial charge in [0.25, 0.3) is 0 Å². The number of para-hydroxylation sites is 2. The first kappa shape index (κ1) is 13.0. The molecule has 3 heteroatoms. The average molecular weight is 267 g/mol. The predicted octanol–water partition coefficient (Wildman–Crippen LogP) is 3.54. The van der Waals surface area contributed by atoms with Crippen molar-refractivity contribution >= 4 is 11.4 Å². The van der Waals surface area contributed by atoms with Crippen molar-refractivity contribution < 1.29 is 0 Å². The van der Waals surface area contributed by atoms with Gasteiger partial charge in [0.15, 0.2) is 0 Å². The fraction of sp³-hybridized carbons (Fsp3) is 0.353. The first-order valence-corrected chi connectivity index (χ1v) is 7.12. The number of pyridine rings is 1. The molecule has 20 heavy (non-hydrogen) atoms. The highest BCUT2D eigenvalue weighted by atomic mass is 15.2. The molecule has 0 amide bonds. The summed E-state index contributed by atoms with van der Waals surface area (Å²) in [6.07, 6.45) is 1.86. The summed E-state index contributed by atoms with van der Waals surface area (Å²) < 4.78 is 0. The molecule has 0 saturated heterocycles. The van der Waals surface area contributed by atoms with E-state index in [1.54, 1.807) is 0 Å². The molecule has 104 valence electrons. The second kappa shape index (κ2) is 5.16. The Labute approximate surface area is 120 Å². The van der Waals surface area contributed by atoms with Gasteiger partial charge in [-0.1, -0.05) is 32.0 Å². The van der Waals surface area contributed by atoms with Gasteiger partial charge in [0.05, 0.1) is 23.6 Å². The van der Waals surface area contributed by atoms with Gasteiger partial charge >= 0.3 is 0 Å². The number of aromatic nitrogens is 1. The van der Waals surface area contributed by atoms with Crippen molar-refractivity contribution in [3.63, 3.8) is 0 Å². The van der Waals surface area contributed by atoms with E-state index in [-0.39, 0.29) is 5.41 Å². The number of nitrogens with one attached hydrogen (secondary N) is 1. The fourth-order valence-electron chi connectivity index (χ4n) is 2.72. The van der Waals surface area contributed by atoms with Crippen molar-refractivity contribution in [3.8, 4) is 0 Å². The highest BCUT2D eigenvalue weighted by Gasteiger charge is 2.27. The van der Waals surface area contributed by atoms with Gasteiger partial charge in [0, 0.05) is 19.3 Å². The van der Waals surface area contributed by atoms with Crippen molar-refractivity contribution in [3.05, 3.63) is 54.4 Å². The van der Waals surface area contributed by atoms with Crippen LogP contribution in [0.2, 0.25) is 0 Å². The van der Waals surface area contributed by atoms with Crippen LogP contribution in [0.5, 0.6) is 0 Å². The molecule has 0 bridgehead atoms. The van der Waals surface area contributed by atoms with Crippen molar-refractivity contribution in [2.24, 2.45) is 5.41 Å². The maximum Gasteiger partial charge on any atom is 0.0605 e. The molecular formula is C17H21N3. The Bertz CT molecular complexity index is 578. The van der Waals surface area contributed by atoms with Gasteiger partial charge in [0.2, 0.25) is 0 Å². The minimum Gasteiger partial charge on any atom is -0.383 e. The Morgan fingerprint density at radius 2 is 1.95 bits per heavy atom. The maximum absolute atomic E-state index is 4.46. The lowest BCUT2D eigenvalue weighted by Gasteiger charge is -2.30. The van der Waals surface area contributed by atoms with Crippen molar-refractivity contribution in [1.29, 1.82) is 0 Å². The fourth-order valence-corrected chi connectivity index (χ4v) is 2.72. The van der Waals surface area contributed by atoms with Crippen LogP contribution < -0.4 is 10.2 Å². The largest absolute Gasteiger partial charge is 0.383 e. The minimum atomic E-state index is 0.230. The topological polar surface area (TPSA) is 28.2 Å². The zero-order valence-corrected chi connectivity index (χ0v) is 12.1. The van der Waals surface area contributed by atoms with E-state index in [1.807, 2.05) is 12.3 Å². The van der Waals surface area contributed by atoms with Gasteiger partial charge in [-0.05, 0) is 29.7 Å². The molecule has 0 saturated carbocycles. The first-order valence-electron chi connectivity index (χ1n) is 7.12. The Hall–Kier alpha value is -2.03. The number of hydrogen-bond donors (Lipinski definition) is 1. The number of nitrogens with zero attached hydrogens (tertiary/aromatic N) is 2. The SMILES string of the molecule is CC1(C)CNc2ccccc2N(Cc2ccccn2)C1. The number of benzene rings is 1. The maximum atomic E-state index is 4.46. The third kappa shape index (κ3) is 2.77. The Morgan fingerprint density at radius 3 is 2.75 bits per heavy atom. The van der Waals surface area contributed by atoms with Crippen molar-refractivity contribution in [2.75, 3.05) is 23.3 Å². The highest BCUT2D eigenvalue weighted by Crippen LogP contribution is 2.33. The van der Waals surface area contributed by atoms with Gasteiger partial charge < -0.3 is 10.2 Å². The standard InChI is InChI=1S/C17H21N3/c1-17(2)12-19-15-8-3-4-9-16(15)20(13-17)11-14-7-5-6-10-18-14/h3-10,19H,11-13H2,1-2H3. The third-order valence-corrected chi connectivity index (χ3v) is 3.70. The van der Waals surface area contributed by atoms with E-state index in [0.717, 1.165) is 25.3 Å². The Balaban J connectivity index is 1.94. The molecule has 1 aliphatic rings. The number of hydrogen-bond acceptors (Lipinski definition) is 3. The Morgan fingerprint density at radius 1 is 1.15 bits per heavy atom. The molecule has 2 aromatic rings. The van der Waals surface area contributed by atoms with Gasteiger partial charge in [0.1, 0.15) is 0 Å². The zero-order chi connectivity index (χ0) is 14.0. The molecule has 0 spiro atoms. The monoisotopic (exact) mass is 267 g/mol. The molecule has 0 aliphatic carbocycles. The lowest BCUT2D eigenvalue weighted by Crippen LogP contribution is -2.35. The van der Waals surface area contributed by atoms with Crippen LogP contribution in [0.4, 0.5) is 11.4 Å². The van der Waals surface area contributed by atoms with E-state index < -0.39 is 0 Å². The number of rotatable bonds is 2. The summed E-state index contributed by atoms with van der Waals surface area (Å²) in [4.78, 5) is 6.89. The van der Waals surface area contributed by atoms with Crippen LogP contribution in [-0.4, -0.2) is 18.1 Å². The minimum absolute atomic E-state index is 0.230. The molecule has 1 aromatic carbocycles. The van der Waals surface area contributed by atoms with E-state index >= 15 is 0 Å². The molecule has 3 rings (SSSR count). The third-order valence-electron chi connectivity index (χ3n) is 3.70. The lowest BCUT2D eigenvalue weighted by molar-refractivity contribution is 0.393. The summed E-state index contributed by atoms with van der Waals surface area (Å²) in [5.41, 5.74) is 3.83. The van der Waals surface area contributed by atoms with Gasteiger partial charge in [-0.2, -0.15) is 0 Å². The average Bonchev–Trinajstić information content (AvgIpc) is 2.57. The second-order valence-corrected chi connectivity index (χ2v) is 6.21. The summed E-state index contributed by atoms with van der Waals surface area (Å²) >= 11 is 0. The van der Waals surface area contributed by atoms with Crippen LogP contribution in [0.25, 0.3) is 0 Å². The molecule has 1 N–H and O–H groups in total. The van der Waals surface area contributed by atoms with Crippen molar-refractivity contribution in [1.82, 2.24) is 4.98 Å². The second-order valence-electron chi connectivity index (χ2n) is 6.21. The summed E-state index contributed by atoms with van der Waals surface area (Å²) in [6.45, 7) is 7.47. The highest BCUT2D eigenvalue weighted by molar-refractivity contribution is 5.71. The van der Waals surface area contributed by atoms with Crippen LogP contribution in [0, 0.1) is 5.41 Å². The van der Waals surface area contributed by atoms with Gasteiger partial charge in [-0.15, -0.1) is 0 Å². The molecule has 1 aliphatic heterocycles. The molecule has 0 atom stereocenters. The van der Waals surface area contributed by atoms with Gasteiger partial charge in [-0.3, -0.25) is 4.98 Å². The van der Waals surface area contributed by atoms with E-state index in [9.17, 15) is 0 Å². The summed E-state index contributed by atoms with van der Waals surface area (Å²) in [5, 5.41) is 3.57. The van der Waals surface area contributed by atoms with Gasteiger partial charge in [-0.25, -0.2) is 0 Å². The smallest absolute Gasteiger partial charge is 0.0605 e. The number of anilines is 2. The van der Waals surface area contributed by atoms with E-state index in [0.29, 0.717) is 0 Å². The van der Waals surface area contributed by atoms with E-state index in [2.05, 4.69) is 65.4 Å². The molecule has 3 nitrogen and oxygen atoms in total. The summed E-state index contributed by atoms with van der Waals surface area (Å²) in [6, 6.07) is 14.6. The van der Waals surface area contributed by atoms with Crippen LogP contribution in [0.1, 0.15) is 19.5 Å². The molecular weight excluding hydrogens is 246 g/mol. The zero-order valence-electron chi connectivity index (χ0n) is 12.1. The molecule has 0 unspecified atom stereocenters. The lowest BCUT2D eigenvalue weighted by atomic mass is 9.93. The summed E-state index contributed by atoms with van der Waals surface area (Å²) in [5.74, 6) is 0. The van der Waals surface area contributed by atoms with Crippen LogP contribution in [-0.2, 0) is 6.54 Å². The normalized spacial score (nSPS) is 17.0. The summed E-state index contributed by atoms with van der Waals surface area (Å²) in [7, 11) is 0. The molecule has 2 heterocycles. The van der Waals surface area contributed by atoms with Crippen molar-refractivity contribution in [2.45, 2.75) is 20.4 Å². The Kier molecular flexibility index (Phi) is 3.35. The van der Waals surface area contributed by atoms with Crippen LogP contribution in [0.3, 0.4) is 0 Å². The van der Waals surface area contributed by atoms with Crippen LogP contribution in [0.15, 0.2) is 48.7 Å². The van der Waals surface area contributed by atoms with Crippen LogP contribution >= 0.6 is 0 Å². The predicted molar refractivity (Wildman–Crippen MR) is 84.0 cm³/mol. The van der Waals surface area contributed by atoms with E-state index in [1.165, 1.54) is 11.4 Å². The molecule has 0 fully saturated rings. The quantitative estimate of drug-likeness (QED) is 0.902. The molecule has 1 aromatic heterocycles. The first-order chi connectivity index (χ1) is 9.64. The number of fused-ring (bicyclic) bond motifs is 1. The molecule has 0 radical (unpaired) electrons.